The van der Waals surface area contributed by atoms with Crippen LogP contribution in [0.1, 0.15) is 81.7 Å². The number of amides is 6. The third-order valence-corrected chi connectivity index (χ3v) is 9.89. The summed E-state index contributed by atoms with van der Waals surface area (Å²) < 4.78 is 0. The number of carbonyl (C=O) groups is 5. The third-order valence-electron chi connectivity index (χ3n) is 8.00. The largest absolute Gasteiger partial charge is 0.351 e. The van der Waals surface area contributed by atoms with E-state index in [9.17, 15) is 24.0 Å². The number of nitrogens with one attached hydrogen (secondary N) is 3. The Balaban J connectivity index is 1.46. The molecular weight excluding hydrogens is 629 g/mol. The van der Waals surface area contributed by atoms with Gasteiger partial charge in [-0.25, -0.2) is 14.8 Å². The van der Waals surface area contributed by atoms with E-state index in [0.29, 0.717) is 42.2 Å². The molecule has 2 aliphatic heterocycles. The Morgan fingerprint density at radius 1 is 0.957 bits per heavy atom. The highest BCUT2D eigenvalue weighted by molar-refractivity contribution is 7.10. The number of benzene rings is 1. The maximum atomic E-state index is 13.7. The van der Waals surface area contributed by atoms with Crippen molar-refractivity contribution in [3.63, 3.8) is 0 Å². The van der Waals surface area contributed by atoms with E-state index >= 15 is 0 Å². The van der Waals surface area contributed by atoms with E-state index < -0.39 is 36.0 Å². The topological polar surface area (TPSA) is 180 Å². The summed E-state index contributed by atoms with van der Waals surface area (Å²) in [5.74, 6) is -1.58. The molecule has 0 radical (unpaired) electrons. The van der Waals surface area contributed by atoms with E-state index in [2.05, 4.69) is 25.9 Å². The lowest BCUT2D eigenvalue weighted by molar-refractivity contribution is -0.139. The summed E-state index contributed by atoms with van der Waals surface area (Å²) in [4.78, 5) is 77.5. The van der Waals surface area contributed by atoms with Crippen molar-refractivity contribution in [2.24, 2.45) is 11.7 Å². The Hall–Kier alpha value is -4.37. The Bertz CT molecular complexity index is 1580. The fourth-order valence-electron chi connectivity index (χ4n) is 5.61. The number of carbonyl (C=O) groups excluding carboxylic acids is 5. The molecule has 2 aromatic heterocycles. The summed E-state index contributed by atoms with van der Waals surface area (Å²) in [6.45, 7) is 4.40. The second kappa shape index (κ2) is 14.8. The first-order valence-electron chi connectivity index (χ1n) is 15.3. The highest BCUT2D eigenvalue weighted by atomic mass is 32.1. The zero-order valence-electron chi connectivity index (χ0n) is 25.7. The molecule has 0 spiro atoms. The van der Waals surface area contributed by atoms with E-state index in [1.807, 2.05) is 44.2 Å². The minimum absolute atomic E-state index is 0.0165. The average Bonchev–Trinajstić information content (AvgIpc) is 3.82. The summed E-state index contributed by atoms with van der Waals surface area (Å²) in [7, 11) is 0. The van der Waals surface area contributed by atoms with Gasteiger partial charge in [0.15, 0.2) is 0 Å². The Morgan fingerprint density at radius 3 is 2.37 bits per heavy atom. The van der Waals surface area contributed by atoms with Crippen molar-refractivity contribution in [3.05, 3.63) is 68.1 Å². The van der Waals surface area contributed by atoms with E-state index in [-0.39, 0.29) is 48.8 Å². The number of hydrogen-bond acceptors (Lipinski definition) is 9. The molecule has 3 aromatic rings. The number of hydrogen-bond donors (Lipinski definition) is 4. The molecule has 1 saturated heterocycles. The van der Waals surface area contributed by atoms with Crippen LogP contribution in [0.5, 0.6) is 0 Å². The number of urea groups is 1. The fourth-order valence-corrected chi connectivity index (χ4v) is 7.48. The molecule has 5 N–H and O–H groups in total. The van der Waals surface area contributed by atoms with Gasteiger partial charge in [-0.15, -0.1) is 22.7 Å². The molecule has 46 heavy (non-hydrogen) atoms. The maximum Gasteiger partial charge on any atom is 0.315 e. The van der Waals surface area contributed by atoms with Gasteiger partial charge in [-0.1, -0.05) is 44.2 Å². The molecule has 5 rings (SSSR count). The molecule has 6 amide bonds. The number of primary amides is 1. The van der Waals surface area contributed by atoms with Crippen molar-refractivity contribution in [1.29, 1.82) is 0 Å². The molecule has 4 heterocycles. The van der Waals surface area contributed by atoms with E-state index in [0.717, 1.165) is 5.56 Å². The molecular formula is C31H38N8O5S2. The van der Waals surface area contributed by atoms with Gasteiger partial charge in [-0.3, -0.25) is 19.2 Å². The lowest BCUT2D eigenvalue weighted by Gasteiger charge is -2.30. The molecule has 4 bridgehead atoms. The Kier molecular flexibility index (Phi) is 10.6. The third kappa shape index (κ3) is 7.88. The van der Waals surface area contributed by atoms with Crippen LogP contribution in [-0.2, 0) is 16.0 Å². The lowest BCUT2D eigenvalue weighted by Crippen LogP contribution is -2.52. The second-order valence-corrected chi connectivity index (χ2v) is 13.5. The van der Waals surface area contributed by atoms with Crippen LogP contribution in [-0.4, -0.2) is 81.6 Å². The standard InChI is InChI=1S/C31H38N8O5S2/c1-18(2)25-29-36-21(16-46-29)26(41)33-11-7-12-38(30(43)23-10-6-13-39(23)31(32)44)15-24(40)34-20(14-19-8-4-3-5-9-19)28-35-22(17-45-28)27(42)37-25/h3-5,8-9,16-18,20,23,25H,6-7,10-15H2,1-2H3,(H2,32,44)(H,33,41)(H,34,40)(H,37,42)/t20-,23-,25-/m0/s1. The van der Waals surface area contributed by atoms with Gasteiger partial charge in [0, 0.05) is 30.4 Å². The molecule has 0 saturated carbocycles. The van der Waals surface area contributed by atoms with Crippen LogP contribution in [0.3, 0.4) is 0 Å². The molecule has 15 heteroatoms. The van der Waals surface area contributed by atoms with Crippen LogP contribution in [0.2, 0.25) is 0 Å². The van der Waals surface area contributed by atoms with Crippen molar-refractivity contribution in [1.82, 2.24) is 35.7 Å². The monoisotopic (exact) mass is 666 g/mol. The molecule has 13 nitrogen and oxygen atoms in total. The Labute approximate surface area is 275 Å². The van der Waals surface area contributed by atoms with Gasteiger partial charge in [0.2, 0.25) is 11.8 Å². The highest BCUT2D eigenvalue weighted by Gasteiger charge is 2.36. The summed E-state index contributed by atoms with van der Waals surface area (Å²) in [6, 6.07) is 7.15. The predicted octanol–water partition coefficient (Wildman–Crippen LogP) is 2.63. The van der Waals surface area contributed by atoms with Gasteiger partial charge < -0.3 is 31.5 Å². The number of nitrogens with two attached hydrogens (primary N) is 1. The molecule has 0 unspecified atom stereocenters. The van der Waals surface area contributed by atoms with Crippen LogP contribution in [0.4, 0.5) is 4.79 Å². The number of thiazole rings is 2. The average molecular weight is 667 g/mol. The van der Waals surface area contributed by atoms with Crippen LogP contribution < -0.4 is 21.7 Å². The second-order valence-electron chi connectivity index (χ2n) is 11.7. The maximum absolute atomic E-state index is 13.7. The number of fused-ring (bicyclic) bond motifs is 4. The van der Waals surface area contributed by atoms with Crippen molar-refractivity contribution in [2.75, 3.05) is 26.2 Å². The minimum Gasteiger partial charge on any atom is -0.351 e. The highest BCUT2D eigenvalue weighted by Crippen LogP contribution is 2.27. The van der Waals surface area contributed by atoms with E-state index in [1.54, 1.807) is 10.8 Å². The van der Waals surface area contributed by atoms with Crippen LogP contribution in [0.15, 0.2) is 41.1 Å². The SMILES string of the molecule is CC(C)[C@@H]1NC(=O)c2csc(n2)[C@H](Cc2ccccc2)NC(=O)CN(C(=O)[C@@H]2CCCN2C(N)=O)CCCNC(=O)c2csc1n2. The lowest BCUT2D eigenvalue weighted by atomic mass is 10.0. The number of likely N-dealkylation sites (tertiary alicyclic amines) is 1. The first-order chi connectivity index (χ1) is 22.1. The van der Waals surface area contributed by atoms with Gasteiger partial charge >= 0.3 is 6.03 Å². The summed E-state index contributed by atoms with van der Waals surface area (Å²) >= 11 is 2.56. The van der Waals surface area contributed by atoms with Crippen molar-refractivity contribution < 1.29 is 24.0 Å². The molecule has 3 atom stereocenters. The first kappa shape index (κ1) is 33.0. The smallest absolute Gasteiger partial charge is 0.315 e. The first-order valence-corrected chi connectivity index (χ1v) is 17.0. The van der Waals surface area contributed by atoms with Crippen molar-refractivity contribution in [3.8, 4) is 0 Å². The summed E-state index contributed by atoms with van der Waals surface area (Å²) in [5.41, 5.74) is 6.94. The number of aromatic nitrogens is 2. The van der Waals surface area contributed by atoms with Gasteiger partial charge in [0.1, 0.15) is 27.4 Å². The van der Waals surface area contributed by atoms with Crippen LogP contribution in [0.25, 0.3) is 0 Å². The summed E-state index contributed by atoms with van der Waals surface area (Å²) in [5, 5.41) is 13.3. The molecule has 244 valence electrons. The minimum atomic E-state index is -0.760. The van der Waals surface area contributed by atoms with Crippen molar-refractivity contribution >= 4 is 52.3 Å². The fraction of sp³-hybridized carbons (Fsp3) is 0.452. The molecule has 2 aliphatic rings. The van der Waals surface area contributed by atoms with E-state index in [1.165, 1.54) is 32.5 Å². The van der Waals surface area contributed by atoms with Crippen molar-refractivity contribution in [2.45, 2.75) is 57.7 Å². The van der Waals surface area contributed by atoms with Gasteiger partial charge in [-0.05, 0) is 37.2 Å². The van der Waals surface area contributed by atoms with E-state index in [4.69, 9.17) is 5.73 Å². The zero-order valence-corrected chi connectivity index (χ0v) is 27.4. The molecule has 1 fully saturated rings. The quantitative estimate of drug-likeness (QED) is 0.330. The zero-order chi connectivity index (χ0) is 32.8. The van der Waals surface area contributed by atoms with Gasteiger partial charge in [-0.2, -0.15) is 0 Å². The normalized spacial score (nSPS) is 21.5. The molecule has 1 aromatic carbocycles. The Morgan fingerprint density at radius 2 is 1.65 bits per heavy atom. The summed E-state index contributed by atoms with van der Waals surface area (Å²) in [6.07, 6.45) is 1.84. The van der Waals surface area contributed by atoms with Crippen LogP contribution in [0, 0.1) is 5.92 Å². The number of nitrogens with zero attached hydrogens (tertiary/aromatic N) is 4. The van der Waals surface area contributed by atoms with Gasteiger partial charge in [0.05, 0.1) is 18.6 Å². The molecule has 0 aliphatic carbocycles. The van der Waals surface area contributed by atoms with Gasteiger partial charge in [0.25, 0.3) is 11.8 Å². The predicted molar refractivity (Wildman–Crippen MR) is 173 cm³/mol. The number of rotatable bonds is 4. The van der Waals surface area contributed by atoms with Crippen LogP contribution >= 0.6 is 22.7 Å².